The fourth-order valence-corrected chi connectivity index (χ4v) is 2.78. The molecule has 2 rings (SSSR count). The molecule has 1 aromatic heterocycles. The van der Waals surface area contributed by atoms with Crippen LogP contribution < -0.4 is 10.0 Å². The number of sulfonamides is 1. The molecule has 1 amide bonds. The molecule has 2 aromatic rings. The van der Waals surface area contributed by atoms with Crippen LogP contribution in [0.1, 0.15) is 16.1 Å². The van der Waals surface area contributed by atoms with Gasteiger partial charge >= 0.3 is 0 Å². The third-order valence-electron chi connectivity index (χ3n) is 2.93. The van der Waals surface area contributed by atoms with E-state index >= 15 is 0 Å². The van der Waals surface area contributed by atoms with Gasteiger partial charge in [-0.1, -0.05) is 23.8 Å². The monoisotopic (exact) mass is 319 g/mol. The molecule has 0 radical (unpaired) electrons. The first-order chi connectivity index (χ1) is 10.5. The Morgan fingerprint density at radius 2 is 1.82 bits per heavy atom. The highest BCUT2D eigenvalue weighted by Crippen LogP contribution is 2.09. The second-order valence-corrected chi connectivity index (χ2v) is 6.45. The summed E-state index contributed by atoms with van der Waals surface area (Å²) in [6.07, 6.45) is 1.52. The molecule has 2 N–H and O–H groups in total. The maximum Gasteiger partial charge on any atom is 0.269 e. The minimum absolute atomic E-state index is 0.106. The Hall–Kier alpha value is -2.25. The highest BCUT2D eigenvalue weighted by Gasteiger charge is 2.13. The van der Waals surface area contributed by atoms with E-state index in [0.29, 0.717) is 5.69 Å². The van der Waals surface area contributed by atoms with Crippen LogP contribution in [-0.4, -0.2) is 32.4 Å². The Balaban J connectivity index is 1.83. The Labute approximate surface area is 129 Å². The minimum atomic E-state index is -3.56. The zero-order chi connectivity index (χ0) is 16.0. The molecule has 0 bridgehead atoms. The van der Waals surface area contributed by atoms with E-state index in [1.54, 1.807) is 42.5 Å². The average molecular weight is 319 g/mol. The molecule has 0 aliphatic heterocycles. The summed E-state index contributed by atoms with van der Waals surface area (Å²) in [5, 5.41) is 2.60. The summed E-state index contributed by atoms with van der Waals surface area (Å²) in [5.41, 5.74) is 1.28. The number of nitrogens with one attached hydrogen (secondary N) is 2. The van der Waals surface area contributed by atoms with Crippen LogP contribution in [0.25, 0.3) is 0 Å². The number of nitrogens with zero attached hydrogens (tertiary/aromatic N) is 1. The zero-order valence-electron chi connectivity index (χ0n) is 12.1. The predicted molar refractivity (Wildman–Crippen MR) is 82.9 cm³/mol. The molecule has 0 atom stereocenters. The molecule has 6 nitrogen and oxygen atoms in total. The van der Waals surface area contributed by atoms with Crippen LogP contribution in [-0.2, 0) is 10.0 Å². The number of carbonyl (C=O) groups is 1. The van der Waals surface area contributed by atoms with Crippen molar-refractivity contribution in [3.63, 3.8) is 0 Å². The topological polar surface area (TPSA) is 88.2 Å². The van der Waals surface area contributed by atoms with E-state index in [0.717, 1.165) is 5.56 Å². The Kier molecular flexibility index (Phi) is 5.24. The standard InChI is InChI=1S/C15H17N3O3S/c1-12-5-7-13(8-6-12)22(20,21)18-11-10-17-15(19)14-4-2-3-9-16-14/h2-9,18H,10-11H2,1H3,(H,17,19). The SMILES string of the molecule is Cc1ccc(S(=O)(=O)NCCNC(=O)c2ccccn2)cc1. The predicted octanol–water partition coefficient (Wildman–Crippen LogP) is 1.10. The summed E-state index contributed by atoms with van der Waals surface area (Å²) in [6, 6.07) is 11.6. The molecular weight excluding hydrogens is 302 g/mol. The normalized spacial score (nSPS) is 11.1. The van der Waals surface area contributed by atoms with Crippen molar-refractivity contribution in [2.24, 2.45) is 0 Å². The first-order valence-electron chi connectivity index (χ1n) is 6.74. The van der Waals surface area contributed by atoms with Crippen molar-refractivity contribution in [1.82, 2.24) is 15.0 Å². The fraction of sp³-hybridized carbons (Fsp3) is 0.200. The Bertz CT molecular complexity index is 728. The summed E-state index contributed by atoms with van der Waals surface area (Å²) in [4.78, 5) is 15.8. The largest absolute Gasteiger partial charge is 0.349 e. The molecule has 1 heterocycles. The van der Waals surface area contributed by atoms with Gasteiger partial charge in [0.25, 0.3) is 5.91 Å². The number of hydrogen-bond acceptors (Lipinski definition) is 4. The number of aryl methyl sites for hydroxylation is 1. The Morgan fingerprint density at radius 3 is 2.45 bits per heavy atom. The molecule has 1 aromatic carbocycles. The first-order valence-corrected chi connectivity index (χ1v) is 8.23. The lowest BCUT2D eigenvalue weighted by atomic mass is 10.2. The van der Waals surface area contributed by atoms with Gasteiger partial charge in [-0.3, -0.25) is 9.78 Å². The molecule has 0 spiro atoms. The maximum absolute atomic E-state index is 12.0. The van der Waals surface area contributed by atoms with Crippen LogP contribution in [0.2, 0.25) is 0 Å². The van der Waals surface area contributed by atoms with Gasteiger partial charge in [0.1, 0.15) is 5.69 Å². The molecule has 0 fully saturated rings. The molecule has 0 saturated heterocycles. The van der Waals surface area contributed by atoms with Crippen LogP contribution in [0.15, 0.2) is 53.6 Å². The molecule has 7 heteroatoms. The third-order valence-corrected chi connectivity index (χ3v) is 4.41. The third kappa shape index (κ3) is 4.37. The lowest BCUT2D eigenvalue weighted by molar-refractivity contribution is 0.0949. The van der Waals surface area contributed by atoms with E-state index in [2.05, 4.69) is 15.0 Å². The molecule has 0 unspecified atom stereocenters. The minimum Gasteiger partial charge on any atom is -0.349 e. The molecule has 0 aliphatic carbocycles. The van der Waals surface area contributed by atoms with Gasteiger partial charge in [-0.05, 0) is 31.2 Å². The quantitative estimate of drug-likeness (QED) is 0.780. The number of pyridine rings is 1. The summed E-state index contributed by atoms with van der Waals surface area (Å²) < 4.78 is 26.5. The van der Waals surface area contributed by atoms with E-state index < -0.39 is 10.0 Å². The van der Waals surface area contributed by atoms with Crippen molar-refractivity contribution < 1.29 is 13.2 Å². The van der Waals surface area contributed by atoms with Gasteiger partial charge in [-0.25, -0.2) is 13.1 Å². The highest BCUT2D eigenvalue weighted by atomic mass is 32.2. The van der Waals surface area contributed by atoms with E-state index in [1.807, 2.05) is 6.92 Å². The zero-order valence-corrected chi connectivity index (χ0v) is 12.9. The number of amides is 1. The second kappa shape index (κ2) is 7.15. The van der Waals surface area contributed by atoms with Gasteiger partial charge in [0, 0.05) is 19.3 Å². The number of carbonyl (C=O) groups excluding carboxylic acids is 1. The van der Waals surface area contributed by atoms with Crippen molar-refractivity contribution in [3.05, 3.63) is 59.9 Å². The summed E-state index contributed by atoms with van der Waals surface area (Å²) in [5.74, 6) is -0.338. The van der Waals surface area contributed by atoms with Gasteiger partial charge in [-0.2, -0.15) is 0 Å². The van der Waals surface area contributed by atoms with Crippen molar-refractivity contribution in [2.75, 3.05) is 13.1 Å². The van der Waals surface area contributed by atoms with Gasteiger partial charge in [0.05, 0.1) is 4.90 Å². The summed E-state index contributed by atoms with van der Waals surface area (Å²) in [6.45, 7) is 2.17. The van der Waals surface area contributed by atoms with Crippen molar-refractivity contribution in [3.8, 4) is 0 Å². The molecule has 116 valence electrons. The van der Waals surface area contributed by atoms with Gasteiger partial charge in [-0.15, -0.1) is 0 Å². The number of aromatic nitrogens is 1. The van der Waals surface area contributed by atoms with E-state index in [9.17, 15) is 13.2 Å². The van der Waals surface area contributed by atoms with Gasteiger partial charge in [0.2, 0.25) is 10.0 Å². The van der Waals surface area contributed by atoms with Gasteiger partial charge in [0.15, 0.2) is 0 Å². The van der Waals surface area contributed by atoms with Crippen LogP contribution in [0.4, 0.5) is 0 Å². The van der Waals surface area contributed by atoms with Crippen molar-refractivity contribution in [2.45, 2.75) is 11.8 Å². The number of hydrogen-bond donors (Lipinski definition) is 2. The average Bonchev–Trinajstić information content (AvgIpc) is 2.52. The Morgan fingerprint density at radius 1 is 1.09 bits per heavy atom. The number of rotatable bonds is 6. The van der Waals surface area contributed by atoms with E-state index in [4.69, 9.17) is 0 Å². The lowest BCUT2D eigenvalue weighted by Crippen LogP contribution is -2.35. The number of benzene rings is 1. The van der Waals surface area contributed by atoms with E-state index in [-0.39, 0.29) is 23.9 Å². The fourth-order valence-electron chi connectivity index (χ4n) is 1.75. The smallest absolute Gasteiger partial charge is 0.269 e. The molecular formula is C15H17N3O3S. The molecule has 0 saturated carbocycles. The summed E-state index contributed by atoms with van der Waals surface area (Å²) >= 11 is 0. The maximum atomic E-state index is 12.0. The van der Waals surface area contributed by atoms with Crippen LogP contribution in [0, 0.1) is 6.92 Å². The van der Waals surface area contributed by atoms with Crippen LogP contribution in [0.5, 0.6) is 0 Å². The highest BCUT2D eigenvalue weighted by molar-refractivity contribution is 7.89. The van der Waals surface area contributed by atoms with E-state index in [1.165, 1.54) is 6.20 Å². The lowest BCUT2D eigenvalue weighted by Gasteiger charge is -2.08. The van der Waals surface area contributed by atoms with Crippen LogP contribution >= 0.6 is 0 Å². The van der Waals surface area contributed by atoms with Crippen molar-refractivity contribution >= 4 is 15.9 Å². The second-order valence-electron chi connectivity index (χ2n) is 4.68. The first kappa shape index (κ1) is 16.1. The molecule has 0 aliphatic rings. The van der Waals surface area contributed by atoms with Crippen LogP contribution in [0.3, 0.4) is 0 Å². The summed E-state index contributed by atoms with van der Waals surface area (Å²) in [7, 11) is -3.56. The van der Waals surface area contributed by atoms with Gasteiger partial charge < -0.3 is 5.32 Å². The molecule has 22 heavy (non-hydrogen) atoms. The van der Waals surface area contributed by atoms with Crippen molar-refractivity contribution in [1.29, 1.82) is 0 Å².